The summed E-state index contributed by atoms with van der Waals surface area (Å²) in [6.07, 6.45) is -0.572. The van der Waals surface area contributed by atoms with Gasteiger partial charge < -0.3 is 31.2 Å². The number of amides is 6. The van der Waals surface area contributed by atoms with Crippen LogP contribution >= 0.6 is 0 Å². The molecule has 1 saturated heterocycles. The van der Waals surface area contributed by atoms with Crippen molar-refractivity contribution < 1.29 is 44.4 Å². The minimum atomic E-state index is -1.16. The van der Waals surface area contributed by atoms with E-state index in [1.165, 1.54) is 0 Å². The first-order valence-electron chi connectivity index (χ1n) is 15.1. The Morgan fingerprint density at radius 3 is 2.45 bits per heavy atom. The van der Waals surface area contributed by atoms with Crippen LogP contribution in [0.25, 0.3) is 0 Å². The predicted octanol–water partition coefficient (Wildman–Crippen LogP) is 1.26. The van der Waals surface area contributed by atoms with E-state index in [-0.39, 0.29) is 88.0 Å². The Labute approximate surface area is 258 Å². The molecule has 3 atom stereocenters. The zero-order valence-electron chi connectivity index (χ0n) is 26.4. The fourth-order valence-electron chi connectivity index (χ4n) is 4.67. The van der Waals surface area contributed by atoms with Crippen LogP contribution in [0.15, 0.2) is 24.3 Å². The molecule has 0 spiro atoms. The molecule has 0 aliphatic carbocycles. The molecule has 1 fully saturated rings. The molecule has 1 unspecified atom stereocenters. The van der Waals surface area contributed by atoms with Crippen LogP contribution in [0.2, 0.25) is 0 Å². The SMILES string of the molecule is [2H]C(=O)OCc1ccc(NC(=O)[C@H](CCCNC(N)=O)CC(=O)[C@@H](NC(=O)CCOCCN2C(=O)CC(C)C2=O)C(C)C)cc1. The summed E-state index contributed by atoms with van der Waals surface area (Å²) < 4.78 is 16.9. The number of carbonyl (C=O) groups is 7. The van der Waals surface area contributed by atoms with Gasteiger partial charge in [-0.1, -0.05) is 32.9 Å². The van der Waals surface area contributed by atoms with Crippen LogP contribution < -0.4 is 21.7 Å². The molecular weight excluding hydrogens is 574 g/mol. The van der Waals surface area contributed by atoms with Crippen molar-refractivity contribution >= 4 is 47.6 Å². The van der Waals surface area contributed by atoms with Crippen molar-refractivity contribution in [2.45, 2.75) is 65.5 Å². The second-order valence-electron chi connectivity index (χ2n) is 11.0. The molecule has 14 nitrogen and oxygen atoms in total. The molecule has 1 aliphatic rings. The molecular formula is C30H43N5O9. The van der Waals surface area contributed by atoms with Crippen LogP contribution in [-0.2, 0) is 44.8 Å². The predicted molar refractivity (Wildman–Crippen MR) is 159 cm³/mol. The summed E-state index contributed by atoms with van der Waals surface area (Å²) >= 11 is 0. The second kappa shape index (κ2) is 18.4. The zero-order chi connectivity index (χ0) is 33.5. The molecule has 6 amide bonds. The number of likely N-dealkylation sites (tertiary alicyclic amines) is 1. The Morgan fingerprint density at radius 1 is 1.16 bits per heavy atom. The topological polar surface area (TPSA) is 203 Å². The van der Waals surface area contributed by atoms with E-state index in [9.17, 15) is 33.6 Å². The number of nitrogens with zero attached hydrogens (tertiary/aromatic N) is 1. The van der Waals surface area contributed by atoms with E-state index in [1.807, 2.05) is 0 Å². The van der Waals surface area contributed by atoms with Gasteiger partial charge in [0, 0.05) is 43.3 Å². The molecule has 0 saturated carbocycles. The average molecular weight is 619 g/mol. The van der Waals surface area contributed by atoms with Gasteiger partial charge in [0.05, 0.1) is 25.8 Å². The van der Waals surface area contributed by atoms with E-state index in [2.05, 4.69) is 20.7 Å². The van der Waals surface area contributed by atoms with E-state index in [0.29, 0.717) is 17.7 Å². The lowest BCUT2D eigenvalue weighted by Crippen LogP contribution is -2.46. The maximum Gasteiger partial charge on any atom is 0.312 e. The largest absolute Gasteiger partial charge is 0.463 e. The molecule has 242 valence electrons. The van der Waals surface area contributed by atoms with Gasteiger partial charge in [0.25, 0.3) is 6.45 Å². The first kappa shape index (κ1) is 34.2. The van der Waals surface area contributed by atoms with Crippen molar-refractivity contribution in [2.24, 2.45) is 23.5 Å². The van der Waals surface area contributed by atoms with Gasteiger partial charge in [-0.05, 0) is 36.5 Å². The molecule has 0 radical (unpaired) electrons. The van der Waals surface area contributed by atoms with Crippen molar-refractivity contribution in [3.8, 4) is 0 Å². The molecule has 1 aromatic rings. The number of ether oxygens (including phenoxy) is 2. The van der Waals surface area contributed by atoms with Gasteiger partial charge in [0.1, 0.15) is 6.61 Å². The van der Waals surface area contributed by atoms with Crippen molar-refractivity contribution in [1.82, 2.24) is 15.5 Å². The van der Waals surface area contributed by atoms with Gasteiger partial charge in [-0.25, -0.2) is 4.79 Å². The van der Waals surface area contributed by atoms with Crippen LogP contribution in [0.1, 0.15) is 59.8 Å². The highest BCUT2D eigenvalue weighted by atomic mass is 16.5. The zero-order valence-corrected chi connectivity index (χ0v) is 25.4. The smallest absolute Gasteiger partial charge is 0.312 e. The number of nitrogens with two attached hydrogens (primary N) is 1. The van der Waals surface area contributed by atoms with E-state index in [1.54, 1.807) is 45.0 Å². The lowest BCUT2D eigenvalue weighted by molar-refractivity contribution is -0.140. The van der Waals surface area contributed by atoms with E-state index in [0.717, 1.165) is 4.90 Å². The quantitative estimate of drug-likeness (QED) is 0.1000. The third kappa shape index (κ3) is 12.1. The number of ketones is 1. The summed E-state index contributed by atoms with van der Waals surface area (Å²) in [6, 6.07) is 4.86. The third-order valence-electron chi connectivity index (χ3n) is 7.10. The number of imide groups is 1. The molecule has 1 heterocycles. The number of Topliss-reactive ketones (excluding diaryl/α,β-unsaturated/α-hetero) is 1. The van der Waals surface area contributed by atoms with Crippen molar-refractivity contribution in [3.63, 3.8) is 0 Å². The average Bonchev–Trinajstić information content (AvgIpc) is 3.21. The number of hydrogen-bond acceptors (Lipinski definition) is 9. The number of urea groups is 1. The van der Waals surface area contributed by atoms with Crippen LogP contribution in [0.5, 0.6) is 0 Å². The highest BCUT2D eigenvalue weighted by Gasteiger charge is 2.35. The number of primary amides is 1. The standard InChI is InChI=1S/C30H43N5O9/c1-19(2)27(34-25(38)10-13-43-14-12-35-26(39)15-20(3)29(35)41)24(37)16-22(5-4-11-32-30(31)42)28(40)33-23-8-6-21(7-9-23)17-44-18-36/h6-9,18-20,22,27H,4-5,10-17H2,1-3H3,(H,33,40)(H,34,38)(H3,31,32,42)/t20?,22-,27+/m1/s1/i18D. The summed E-state index contributed by atoms with van der Waals surface area (Å²) in [7, 11) is 0. The van der Waals surface area contributed by atoms with Crippen molar-refractivity contribution in [3.05, 3.63) is 29.8 Å². The van der Waals surface area contributed by atoms with Gasteiger partial charge in [0.2, 0.25) is 23.6 Å². The number of carbonyl (C=O) groups excluding carboxylic acids is 7. The molecule has 1 aromatic carbocycles. The molecule has 0 bridgehead atoms. The highest BCUT2D eigenvalue weighted by Crippen LogP contribution is 2.20. The number of benzene rings is 1. The monoisotopic (exact) mass is 618 g/mol. The van der Waals surface area contributed by atoms with Crippen LogP contribution in [0.4, 0.5) is 10.5 Å². The number of hydrogen-bond donors (Lipinski definition) is 4. The minimum absolute atomic E-state index is 0.0266. The Bertz CT molecular complexity index is 1220. The van der Waals surface area contributed by atoms with Crippen molar-refractivity contribution in [2.75, 3.05) is 31.6 Å². The van der Waals surface area contributed by atoms with Crippen molar-refractivity contribution in [1.29, 1.82) is 0 Å². The Kier molecular flexibility index (Phi) is 14.3. The minimum Gasteiger partial charge on any atom is -0.463 e. The summed E-state index contributed by atoms with van der Waals surface area (Å²) in [6.45, 7) is 5.59. The van der Waals surface area contributed by atoms with Crippen LogP contribution in [0, 0.1) is 17.8 Å². The maximum absolute atomic E-state index is 13.4. The second-order valence-corrected chi connectivity index (χ2v) is 11.0. The van der Waals surface area contributed by atoms with Gasteiger partial charge in [-0.15, -0.1) is 0 Å². The van der Waals surface area contributed by atoms with Gasteiger partial charge >= 0.3 is 6.03 Å². The number of rotatable bonds is 19. The lowest BCUT2D eigenvalue weighted by Gasteiger charge is -2.24. The first-order valence-corrected chi connectivity index (χ1v) is 14.6. The molecule has 5 N–H and O–H groups in total. The lowest BCUT2D eigenvalue weighted by atomic mass is 9.89. The third-order valence-corrected chi connectivity index (χ3v) is 7.10. The summed E-state index contributed by atoms with van der Waals surface area (Å²) in [5, 5.41) is 7.95. The first-order chi connectivity index (χ1) is 21.3. The Balaban J connectivity index is 1.93. The molecule has 2 rings (SSSR count). The molecule has 0 aromatic heterocycles. The molecule has 14 heteroatoms. The molecule has 1 aliphatic heterocycles. The van der Waals surface area contributed by atoms with Gasteiger partial charge in [0.15, 0.2) is 7.15 Å². The summed E-state index contributed by atoms with van der Waals surface area (Å²) in [5.74, 6) is -3.07. The van der Waals surface area contributed by atoms with Gasteiger partial charge in [-0.2, -0.15) is 0 Å². The fraction of sp³-hybridized carbons (Fsp3) is 0.567. The van der Waals surface area contributed by atoms with Crippen LogP contribution in [-0.4, -0.2) is 79.1 Å². The van der Waals surface area contributed by atoms with E-state index >= 15 is 0 Å². The van der Waals surface area contributed by atoms with E-state index in [4.69, 9.17) is 11.8 Å². The maximum atomic E-state index is 13.4. The Hall–Kier alpha value is -4.33. The summed E-state index contributed by atoms with van der Waals surface area (Å²) in [5.41, 5.74) is 6.17. The van der Waals surface area contributed by atoms with E-state index < -0.39 is 36.3 Å². The molecule has 44 heavy (non-hydrogen) atoms. The Morgan fingerprint density at radius 2 is 1.86 bits per heavy atom. The normalized spacial score (nSPS) is 16.2. The highest BCUT2D eigenvalue weighted by molar-refractivity contribution is 6.03. The number of nitrogens with one attached hydrogen (secondary N) is 3. The fourth-order valence-corrected chi connectivity index (χ4v) is 4.67. The van der Waals surface area contributed by atoms with Gasteiger partial charge in [-0.3, -0.25) is 33.7 Å². The number of anilines is 1. The summed E-state index contributed by atoms with van der Waals surface area (Å²) in [4.78, 5) is 86.0. The van der Waals surface area contributed by atoms with Crippen LogP contribution in [0.3, 0.4) is 0 Å².